The predicted octanol–water partition coefficient (Wildman–Crippen LogP) is 5.30. The number of anilines is 2. The van der Waals surface area contributed by atoms with E-state index in [-0.39, 0.29) is 5.41 Å². The van der Waals surface area contributed by atoms with Gasteiger partial charge in [-0.3, -0.25) is 0 Å². The van der Waals surface area contributed by atoms with Crippen LogP contribution in [0, 0.1) is 11.8 Å². The number of hydrogen-bond acceptors (Lipinski definition) is 5. The van der Waals surface area contributed by atoms with Gasteiger partial charge in [0.2, 0.25) is 5.95 Å². The Bertz CT molecular complexity index is 975. The van der Waals surface area contributed by atoms with Crippen LogP contribution in [0.2, 0.25) is 10.2 Å². The fourth-order valence-electron chi connectivity index (χ4n) is 5.02. The quantitative estimate of drug-likeness (QED) is 0.420. The van der Waals surface area contributed by atoms with Gasteiger partial charge in [-0.1, -0.05) is 49.2 Å². The van der Waals surface area contributed by atoms with Gasteiger partial charge in [0.1, 0.15) is 11.0 Å². The molecule has 0 aliphatic carbocycles. The third-order valence-corrected chi connectivity index (χ3v) is 7.25. The minimum Gasteiger partial charge on any atom is -0.381 e. The van der Waals surface area contributed by atoms with E-state index in [0.717, 1.165) is 36.8 Å². The number of benzene rings is 1. The molecule has 2 atom stereocenters. The Morgan fingerprint density at radius 3 is 2.58 bits per heavy atom. The zero-order chi connectivity index (χ0) is 23.4. The van der Waals surface area contributed by atoms with Gasteiger partial charge >= 0.3 is 0 Å². The highest BCUT2D eigenvalue weighted by Gasteiger charge is 2.35. The Labute approximate surface area is 211 Å². The predicted molar refractivity (Wildman–Crippen MR) is 140 cm³/mol. The van der Waals surface area contributed by atoms with Crippen molar-refractivity contribution in [3.8, 4) is 0 Å². The SMILES string of the molecule is C[C@H]1C[C@H](C)CN(c2cc(Cl)nc(NC(=S)NCC3(c4cccc(Cl)c4)CCOCC3)n2)C1. The van der Waals surface area contributed by atoms with Gasteiger partial charge in [0.05, 0.1) is 0 Å². The molecule has 2 aliphatic rings. The number of nitrogens with one attached hydrogen (secondary N) is 2. The second-order valence-corrected chi connectivity index (χ2v) is 10.7. The average Bonchev–Trinajstić information content (AvgIpc) is 2.77. The molecule has 4 rings (SSSR count). The molecule has 9 heteroatoms. The van der Waals surface area contributed by atoms with E-state index in [0.29, 0.717) is 47.8 Å². The summed E-state index contributed by atoms with van der Waals surface area (Å²) in [5.74, 6) is 2.47. The van der Waals surface area contributed by atoms with Crippen molar-refractivity contribution in [2.45, 2.75) is 38.5 Å². The molecular formula is C24H31Cl2N5OS. The Kier molecular flexibility index (Phi) is 7.95. The minimum absolute atomic E-state index is 0.102. The first-order valence-corrected chi connectivity index (χ1v) is 12.7. The molecule has 2 N–H and O–H groups in total. The lowest BCUT2D eigenvalue weighted by Crippen LogP contribution is -2.45. The highest BCUT2D eigenvalue weighted by molar-refractivity contribution is 7.80. The molecule has 2 saturated heterocycles. The smallest absolute Gasteiger partial charge is 0.232 e. The molecular weight excluding hydrogens is 477 g/mol. The molecule has 6 nitrogen and oxygen atoms in total. The van der Waals surface area contributed by atoms with E-state index in [2.05, 4.69) is 40.4 Å². The van der Waals surface area contributed by atoms with Crippen LogP contribution < -0.4 is 15.5 Å². The molecule has 33 heavy (non-hydrogen) atoms. The molecule has 1 aromatic carbocycles. The van der Waals surface area contributed by atoms with Crippen molar-refractivity contribution < 1.29 is 4.74 Å². The molecule has 0 saturated carbocycles. The van der Waals surface area contributed by atoms with Crippen molar-refractivity contribution in [1.29, 1.82) is 0 Å². The van der Waals surface area contributed by atoms with E-state index in [1.165, 1.54) is 12.0 Å². The Morgan fingerprint density at radius 2 is 1.88 bits per heavy atom. The number of thiocarbonyl (C=S) groups is 1. The molecule has 0 bridgehead atoms. The van der Waals surface area contributed by atoms with E-state index >= 15 is 0 Å². The van der Waals surface area contributed by atoms with Crippen molar-refractivity contribution in [2.75, 3.05) is 43.1 Å². The molecule has 3 heterocycles. The zero-order valence-corrected chi connectivity index (χ0v) is 21.4. The van der Waals surface area contributed by atoms with Crippen LogP contribution >= 0.6 is 35.4 Å². The van der Waals surface area contributed by atoms with Gasteiger partial charge in [-0.25, -0.2) is 4.98 Å². The van der Waals surface area contributed by atoms with Crippen LogP contribution in [-0.2, 0) is 10.2 Å². The number of rotatable bonds is 5. The maximum atomic E-state index is 6.33. The average molecular weight is 509 g/mol. The first kappa shape index (κ1) is 24.5. The van der Waals surface area contributed by atoms with E-state index in [1.54, 1.807) is 0 Å². The zero-order valence-electron chi connectivity index (χ0n) is 19.1. The Hall–Kier alpha value is -1.67. The molecule has 0 unspecified atom stereocenters. The Morgan fingerprint density at radius 1 is 1.15 bits per heavy atom. The number of hydrogen-bond donors (Lipinski definition) is 2. The van der Waals surface area contributed by atoms with Gasteiger partial charge in [0, 0.05) is 49.4 Å². The summed E-state index contributed by atoms with van der Waals surface area (Å²) in [6.07, 6.45) is 3.02. The van der Waals surface area contributed by atoms with Crippen LogP contribution in [0.1, 0.15) is 38.7 Å². The summed E-state index contributed by atoms with van der Waals surface area (Å²) in [5.41, 5.74) is 1.10. The number of halogens is 2. The molecule has 2 aromatic rings. The molecule has 0 spiro atoms. The van der Waals surface area contributed by atoms with E-state index in [1.807, 2.05) is 24.3 Å². The summed E-state index contributed by atoms with van der Waals surface area (Å²) in [7, 11) is 0. The maximum absolute atomic E-state index is 6.33. The van der Waals surface area contributed by atoms with Crippen molar-refractivity contribution in [1.82, 2.24) is 15.3 Å². The minimum atomic E-state index is -0.102. The summed E-state index contributed by atoms with van der Waals surface area (Å²) >= 11 is 18.2. The van der Waals surface area contributed by atoms with Crippen LogP contribution in [0.15, 0.2) is 30.3 Å². The first-order chi connectivity index (χ1) is 15.8. The lowest BCUT2D eigenvalue weighted by Gasteiger charge is -2.38. The maximum Gasteiger partial charge on any atom is 0.232 e. The number of ether oxygens (including phenoxy) is 1. The normalized spacial score (nSPS) is 22.6. The van der Waals surface area contributed by atoms with E-state index in [9.17, 15) is 0 Å². The summed E-state index contributed by atoms with van der Waals surface area (Å²) in [6, 6.07) is 9.88. The van der Waals surface area contributed by atoms with Crippen LogP contribution in [0.25, 0.3) is 0 Å². The number of aromatic nitrogens is 2. The van der Waals surface area contributed by atoms with E-state index < -0.39 is 0 Å². The van der Waals surface area contributed by atoms with Crippen LogP contribution in [0.5, 0.6) is 0 Å². The van der Waals surface area contributed by atoms with Crippen molar-refractivity contribution in [3.05, 3.63) is 46.1 Å². The Balaban J connectivity index is 1.44. The highest BCUT2D eigenvalue weighted by Crippen LogP contribution is 2.35. The standard InChI is InChI=1S/C24H31Cl2N5OS/c1-16-10-17(2)14-31(13-16)21-12-20(26)28-22(29-21)30-23(33)27-15-24(6-8-32-9-7-24)18-4-3-5-19(25)11-18/h3-5,11-12,16-17H,6-10,13-15H2,1-2H3,(H2,27,28,29,30,33)/t16-,17-/m0/s1. The van der Waals surface area contributed by atoms with Gasteiger partial charge in [0.15, 0.2) is 5.11 Å². The third kappa shape index (κ3) is 6.27. The molecule has 1 aromatic heterocycles. The number of piperidine rings is 1. The topological polar surface area (TPSA) is 62.3 Å². The molecule has 2 aliphatic heterocycles. The van der Waals surface area contributed by atoms with Gasteiger partial charge in [0.25, 0.3) is 0 Å². The highest BCUT2D eigenvalue weighted by atomic mass is 35.5. The van der Waals surface area contributed by atoms with Gasteiger partial charge in [-0.2, -0.15) is 4.98 Å². The second kappa shape index (κ2) is 10.7. The molecule has 0 amide bonds. The summed E-state index contributed by atoms with van der Waals surface area (Å²) in [4.78, 5) is 11.3. The van der Waals surface area contributed by atoms with Crippen molar-refractivity contribution in [3.63, 3.8) is 0 Å². The van der Waals surface area contributed by atoms with Crippen molar-refractivity contribution >= 4 is 52.3 Å². The summed E-state index contributed by atoms with van der Waals surface area (Å²) in [6.45, 7) is 8.56. The largest absolute Gasteiger partial charge is 0.381 e. The summed E-state index contributed by atoms with van der Waals surface area (Å²) in [5, 5.41) is 8.12. The molecule has 178 valence electrons. The fourth-order valence-corrected chi connectivity index (χ4v) is 5.55. The van der Waals surface area contributed by atoms with Crippen molar-refractivity contribution in [2.24, 2.45) is 11.8 Å². The van der Waals surface area contributed by atoms with Gasteiger partial charge in [-0.15, -0.1) is 0 Å². The monoisotopic (exact) mass is 507 g/mol. The summed E-state index contributed by atoms with van der Waals surface area (Å²) < 4.78 is 5.63. The lowest BCUT2D eigenvalue weighted by molar-refractivity contribution is 0.0515. The van der Waals surface area contributed by atoms with E-state index in [4.69, 9.17) is 45.1 Å². The first-order valence-electron chi connectivity index (χ1n) is 11.5. The van der Waals surface area contributed by atoms with Gasteiger partial charge < -0.3 is 20.3 Å². The lowest BCUT2D eigenvalue weighted by atomic mass is 9.74. The molecule has 2 fully saturated rings. The van der Waals surface area contributed by atoms with Crippen LogP contribution in [0.3, 0.4) is 0 Å². The molecule has 0 radical (unpaired) electrons. The second-order valence-electron chi connectivity index (χ2n) is 9.43. The van der Waals surface area contributed by atoms with Crippen LogP contribution in [0.4, 0.5) is 11.8 Å². The van der Waals surface area contributed by atoms with Gasteiger partial charge in [-0.05, 0) is 61.0 Å². The number of nitrogens with zero attached hydrogens (tertiary/aromatic N) is 3. The van der Waals surface area contributed by atoms with Crippen LogP contribution in [-0.4, -0.2) is 47.9 Å². The third-order valence-electron chi connectivity index (χ3n) is 6.57. The fraction of sp³-hybridized carbons (Fsp3) is 0.542.